The van der Waals surface area contributed by atoms with E-state index in [-0.39, 0.29) is 18.4 Å². The molecule has 0 spiro atoms. The van der Waals surface area contributed by atoms with Crippen LogP contribution in [0.1, 0.15) is 39.5 Å². The first kappa shape index (κ1) is 16.8. The number of carbonyl (C=O) groups excluding carboxylic acids is 1. The Morgan fingerprint density at radius 2 is 2.00 bits per heavy atom. The smallest absolute Gasteiger partial charge is 0.314 e. The van der Waals surface area contributed by atoms with E-state index in [0.29, 0.717) is 19.1 Å². The van der Waals surface area contributed by atoms with E-state index in [9.17, 15) is 9.59 Å². The van der Waals surface area contributed by atoms with E-state index in [1.165, 1.54) is 12.8 Å². The van der Waals surface area contributed by atoms with Gasteiger partial charge in [-0.2, -0.15) is 0 Å². The number of carboxylic acids is 1. The first-order valence-electron chi connectivity index (χ1n) is 7.54. The average Bonchev–Trinajstić information content (AvgIpc) is 3.23. The molecule has 1 aliphatic carbocycles. The summed E-state index contributed by atoms with van der Waals surface area (Å²) in [5, 5.41) is 14.3. The van der Waals surface area contributed by atoms with Gasteiger partial charge in [0.05, 0.1) is 0 Å². The van der Waals surface area contributed by atoms with Crippen LogP contribution < -0.4 is 10.6 Å². The van der Waals surface area contributed by atoms with Gasteiger partial charge >= 0.3 is 12.0 Å². The van der Waals surface area contributed by atoms with Crippen LogP contribution in [0, 0.1) is 5.92 Å². The zero-order valence-corrected chi connectivity index (χ0v) is 12.5. The Bertz CT molecular complexity index is 319. The lowest BCUT2D eigenvalue weighted by molar-refractivity contribution is -0.138. The van der Waals surface area contributed by atoms with Gasteiger partial charge in [-0.3, -0.25) is 9.69 Å². The maximum atomic E-state index is 11.6. The van der Waals surface area contributed by atoms with Crippen molar-refractivity contribution in [2.45, 2.75) is 45.6 Å². The lowest BCUT2D eigenvalue weighted by Gasteiger charge is -2.20. The highest BCUT2D eigenvalue weighted by Gasteiger charge is 2.27. The lowest BCUT2D eigenvalue weighted by atomic mass is 10.0. The van der Waals surface area contributed by atoms with Crippen molar-refractivity contribution in [1.82, 2.24) is 15.5 Å². The fraction of sp³-hybridized carbons (Fsp3) is 0.857. The van der Waals surface area contributed by atoms with E-state index in [4.69, 9.17) is 5.11 Å². The van der Waals surface area contributed by atoms with Crippen molar-refractivity contribution in [1.29, 1.82) is 0 Å². The van der Waals surface area contributed by atoms with Crippen LogP contribution in [0.5, 0.6) is 0 Å². The molecule has 116 valence electrons. The average molecular weight is 285 g/mol. The minimum absolute atomic E-state index is 0.00291. The first-order chi connectivity index (χ1) is 9.56. The van der Waals surface area contributed by atoms with Gasteiger partial charge in [-0.15, -0.1) is 0 Å². The lowest BCUT2D eigenvalue weighted by Crippen LogP contribution is -2.42. The molecular formula is C14H27N3O3. The van der Waals surface area contributed by atoms with Gasteiger partial charge in [-0.05, 0) is 25.3 Å². The van der Waals surface area contributed by atoms with Crippen LogP contribution in [-0.2, 0) is 4.79 Å². The molecule has 1 aliphatic rings. The summed E-state index contributed by atoms with van der Waals surface area (Å²) in [5.41, 5.74) is 0. The third-order valence-electron chi connectivity index (χ3n) is 3.75. The van der Waals surface area contributed by atoms with Crippen LogP contribution in [0.4, 0.5) is 4.79 Å². The molecule has 1 unspecified atom stereocenters. The molecule has 3 N–H and O–H groups in total. The van der Waals surface area contributed by atoms with Gasteiger partial charge in [0.1, 0.15) is 0 Å². The third kappa shape index (κ3) is 6.75. The number of likely N-dealkylation sites (N-methyl/N-ethyl adjacent to an activating group) is 1. The maximum Gasteiger partial charge on any atom is 0.314 e. The number of aliphatic carboxylic acids is 1. The van der Waals surface area contributed by atoms with Gasteiger partial charge < -0.3 is 15.7 Å². The minimum Gasteiger partial charge on any atom is -0.481 e. The Hall–Kier alpha value is -1.30. The molecule has 0 bridgehead atoms. The first-order valence-corrected chi connectivity index (χ1v) is 7.54. The summed E-state index contributed by atoms with van der Waals surface area (Å²) in [5.74, 6) is -0.820. The van der Waals surface area contributed by atoms with Crippen LogP contribution in [0.2, 0.25) is 0 Å². The quantitative estimate of drug-likeness (QED) is 0.564. The summed E-state index contributed by atoms with van der Waals surface area (Å²) in [6.07, 6.45) is 3.39. The van der Waals surface area contributed by atoms with Gasteiger partial charge in [0, 0.05) is 32.1 Å². The molecule has 1 saturated carbocycles. The second-order valence-electron chi connectivity index (χ2n) is 5.37. The van der Waals surface area contributed by atoms with Crippen LogP contribution >= 0.6 is 0 Å². The van der Waals surface area contributed by atoms with Crippen molar-refractivity contribution in [3.63, 3.8) is 0 Å². The van der Waals surface area contributed by atoms with Gasteiger partial charge in [-0.25, -0.2) is 4.79 Å². The van der Waals surface area contributed by atoms with Gasteiger partial charge in [-0.1, -0.05) is 20.3 Å². The monoisotopic (exact) mass is 285 g/mol. The summed E-state index contributed by atoms with van der Waals surface area (Å²) < 4.78 is 0. The zero-order chi connectivity index (χ0) is 15.0. The second kappa shape index (κ2) is 8.79. The number of hydrogen-bond donors (Lipinski definition) is 3. The summed E-state index contributed by atoms with van der Waals surface area (Å²) in [7, 11) is 0. The molecule has 0 aromatic rings. The normalized spacial score (nSPS) is 15.9. The molecule has 0 aromatic heterocycles. The SMILES string of the molecule is CCC(CNC(=O)NCCN(CC)C1CC1)CC(=O)O. The Morgan fingerprint density at radius 3 is 2.50 bits per heavy atom. The minimum atomic E-state index is -0.818. The van der Waals surface area contributed by atoms with Crippen molar-refractivity contribution >= 4 is 12.0 Å². The summed E-state index contributed by atoms with van der Waals surface area (Å²) in [4.78, 5) is 24.6. The van der Waals surface area contributed by atoms with E-state index >= 15 is 0 Å². The summed E-state index contributed by atoms with van der Waals surface area (Å²) in [6.45, 7) is 7.00. The predicted octanol–water partition coefficient (Wildman–Crippen LogP) is 1.27. The third-order valence-corrected chi connectivity index (χ3v) is 3.75. The van der Waals surface area contributed by atoms with Crippen molar-refractivity contribution < 1.29 is 14.7 Å². The number of urea groups is 1. The van der Waals surface area contributed by atoms with E-state index in [1.807, 2.05) is 6.92 Å². The van der Waals surface area contributed by atoms with E-state index in [2.05, 4.69) is 22.5 Å². The summed E-state index contributed by atoms with van der Waals surface area (Å²) in [6, 6.07) is 0.505. The molecule has 6 nitrogen and oxygen atoms in total. The highest BCUT2D eigenvalue weighted by Crippen LogP contribution is 2.25. The molecule has 2 amide bonds. The molecule has 0 aromatic carbocycles. The van der Waals surface area contributed by atoms with Crippen LogP contribution in [-0.4, -0.2) is 54.2 Å². The van der Waals surface area contributed by atoms with Gasteiger partial charge in [0.25, 0.3) is 0 Å². The maximum absolute atomic E-state index is 11.6. The van der Waals surface area contributed by atoms with Crippen LogP contribution in [0.3, 0.4) is 0 Å². The molecular weight excluding hydrogens is 258 g/mol. The number of carbonyl (C=O) groups is 2. The number of carboxylic acid groups (broad SMARTS) is 1. The Morgan fingerprint density at radius 1 is 1.30 bits per heavy atom. The molecule has 0 saturated heterocycles. The molecule has 0 heterocycles. The van der Waals surface area contributed by atoms with E-state index in [1.54, 1.807) is 0 Å². The second-order valence-corrected chi connectivity index (χ2v) is 5.37. The molecule has 0 radical (unpaired) electrons. The number of nitrogens with zero attached hydrogens (tertiary/aromatic N) is 1. The number of nitrogens with one attached hydrogen (secondary N) is 2. The van der Waals surface area contributed by atoms with Gasteiger partial charge in [0.2, 0.25) is 0 Å². The highest BCUT2D eigenvalue weighted by atomic mass is 16.4. The molecule has 0 aliphatic heterocycles. The molecule has 20 heavy (non-hydrogen) atoms. The molecule has 1 rings (SSSR count). The number of rotatable bonds is 10. The number of hydrogen-bond acceptors (Lipinski definition) is 3. The summed E-state index contributed by atoms with van der Waals surface area (Å²) >= 11 is 0. The number of amides is 2. The van der Waals surface area contributed by atoms with Crippen molar-refractivity contribution in [2.75, 3.05) is 26.2 Å². The molecule has 6 heteroatoms. The fourth-order valence-corrected chi connectivity index (χ4v) is 2.26. The topological polar surface area (TPSA) is 81.7 Å². The van der Waals surface area contributed by atoms with Crippen LogP contribution in [0.25, 0.3) is 0 Å². The fourth-order valence-electron chi connectivity index (χ4n) is 2.26. The van der Waals surface area contributed by atoms with Crippen molar-refractivity contribution in [3.05, 3.63) is 0 Å². The van der Waals surface area contributed by atoms with Crippen LogP contribution in [0.15, 0.2) is 0 Å². The van der Waals surface area contributed by atoms with Crippen molar-refractivity contribution in [2.24, 2.45) is 5.92 Å². The van der Waals surface area contributed by atoms with Gasteiger partial charge in [0.15, 0.2) is 0 Å². The van der Waals surface area contributed by atoms with E-state index in [0.717, 1.165) is 19.5 Å². The van der Waals surface area contributed by atoms with E-state index < -0.39 is 5.97 Å². The molecule has 1 fully saturated rings. The Labute approximate surface area is 120 Å². The highest BCUT2D eigenvalue weighted by molar-refractivity contribution is 5.74. The predicted molar refractivity (Wildman–Crippen MR) is 77.7 cm³/mol. The standard InChI is InChI=1S/C14H27N3O3/c1-3-11(9-13(18)19)10-16-14(20)15-7-8-17(4-2)12-5-6-12/h11-12H,3-10H2,1-2H3,(H,18,19)(H2,15,16,20). The zero-order valence-electron chi connectivity index (χ0n) is 12.5. The molecule has 1 atom stereocenters. The Balaban J connectivity index is 2.11. The largest absolute Gasteiger partial charge is 0.481 e. The Kier molecular flexibility index (Phi) is 7.36. The van der Waals surface area contributed by atoms with Crippen molar-refractivity contribution in [3.8, 4) is 0 Å².